The number of rotatable bonds is 6. The molecule has 0 bridgehead atoms. The molecule has 6 nitrogen and oxygen atoms in total. The van der Waals surface area contributed by atoms with Crippen LogP contribution in [0.2, 0.25) is 0 Å². The number of ether oxygens (including phenoxy) is 1. The Balaban J connectivity index is 2.66. The highest BCUT2D eigenvalue weighted by Gasteiger charge is 2.31. The molecule has 1 amide bonds. The highest BCUT2D eigenvalue weighted by molar-refractivity contribution is 7.90. The molecule has 0 heterocycles. The summed E-state index contributed by atoms with van der Waals surface area (Å²) in [5.74, 6) is -1.46. The average molecular weight is 340 g/mol. The number of nitrogens with one attached hydrogen (secondary N) is 1. The van der Waals surface area contributed by atoms with Crippen molar-refractivity contribution in [2.75, 3.05) is 17.3 Å². The van der Waals surface area contributed by atoms with Gasteiger partial charge in [-0.15, -0.1) is 13.2 Å². The molecule has 0 aliphatic carbocycles. The minimum atomic E-state index is -4.84. The molecule has 0 aromatic heterocycles. The lowest BCUT2D eigenvalue weighted by Crippen LogP contribution is -2.37. The summed E-state index contributed by atoms with van der Waals surface area (Å²) in [5.41, 5.74) is 5.58. The van der Waals surface area contributed by atoms with E-state index in [0.29, 0.717) is 0 Å². The molecular formula is C12H15F3N2O4S. The second kappa shape index (κ2) is 6.97. The molecule has 1 unspecified atom stereocenters. The van der Waals surface area contributed by atoms with Crippen LogP contribution in [0.25, 0.3) is 0 Å². The largest absolute Gasteiger partial charge is 0.573 e. The van der Waals surface area contributed by atoms with E-state index in [2.05, 4.69) is 10.1 Å². The Morgan fingerprint density at radius 1 is 1.41 bits per heavy atom. The van der Waals surface area contributed by atoms with E-state index in [0.717, 1.165) is 18.4 Å². The summed E-state index contributed by atoms with van der Waals surface area (Å²) in [6.07, 6.45) is -3.92. The highest BCUT2D eigenvalue weighted by atomic mass is 32.2. The molecule has 0 fully saturated rings. The monoisotopic (exact) mass is 340 g/mol. The van der Waals surface area contributed by atoms with Crippen molar-refractivity contribution >= 4 is 21.4 Å². The summed E-state index contributed by atoms with van der Waals surface area (Å²) >= 11 is 0. The molecule has 0 saturated heterocycles. The van der Waals surface area contributed by atoms with Gasteiger partial charge in [0.2, 0.25) is 5.91 Å². The third kappa shape index (κ3) is 7.27. The van der Waals surface area contributed by atoms with Crippen molar-refractivity contribution in [1.29, 1.82) is 0 Å². The maximum absolute atomic E-state index is 12.1. The zero-order valence-electron chi connectivity index (χ0n) is 11.6. The Hall–Kier alpha value is -1.81. The molecule has 0 spiro atoms. The average Bonchev–Trinajstić information content (AvgIpc) is 2.33. The fourth-order valence-corrected chi connectivity index (χ4v) is 2.16. The zero-order valence-corrected chi connectivity index (χ0v) is 12.4. The molecule has 0 aliphatic rings. The first-order chi connectivity index (χ1) is 9.96. The van der Waals surface area contributed by atoms with Gasteiger partial charge < -0.3 is 15.8 Å². The van der Waals surface area contributed by atoms with Gasteiger partial charge in [0.15, 0.2) is 0 Å². The Bertz CT molecular complexity index is 632. The van der Waals surface area contributed by atoms with Gasteiger partial charge in [-0.05, 0) is 18.6 Å². The maximum Gasteiger partial charge on any atom is 0.573 e. The number of benzene rings is 1. The fraction of sp³-hybridized carbons (Fsp3) is 0.417. The summed E-state index contributed by atoms with van der Waals surface area (Å²) in [6.45, 7) is 0. The summed E-state index contributed by atoms with van der Waals surface area (Å²) in [5, 5.41) is 2.30. The van der Waals surface area contributed by atoms with Crippen LogP contribution in [-0.4, -0.2) is 38.7 Å². The maximum atomic E-state index is 12.1. The summed E-state index contributed by atoms with van der Waals surface area (Å²) in [7, 11) is -3.26. The lowest BCUT2D eigenvalue weighted by atomic mass is 10.2. The van der Waals surface area contributed by atoms with Crippen molar-refractivity contribution in [1.82, 2.24) is 0 Å². The number of carbonyl (C=O) groups excluding carboxylic acids is 1. The minimum absolute atomic E-state index is 0.0570. The number of anilines is 1. The Morgan fingerprint density at radius 2 is 2.05 bits per heavy atom. The molecule has 0 radical (unpaired) electrons. The van der Waals surface area contributed by atoms with E-state index in [1.807, 2.05) is 0 Å². The molecule has 124 valence electrons. The predicted octanol–water partition coefficient (Wildman–Crippen LogP) is 1.29. The second-order valence-corrected chi connectivity index (χ2v) is 6.85. The number of sulfone groups is 1. The highest BCUT2D eigenvalue weighted by Crippen LogP contribution is 2.25. The quantitative estimate of drug-likeness (QED) is 0.813. The number of carbonyl (C=O) groups is 1. The Labute approximate surface area is 125 Å². The van der Waals surface area contributed by atoms with Crippen LogP contribution < -0.4 is 15.8 Å². The molecule has 22 heavy (non-hydrogen) atoms. The van der Waals surface area contributed by atoms with Gasteiger partial charge in [0.1, 0.15) is 15.6 Å². The van der Waals surface area contributed by atoms with Crippen LogP contribution in [0.5, 0.6) is 5.75 Å². The van der Waals surface area contributed by atoms with Crippen LogP contribution in [0.3, 0.4) is 0 Å². The van der Waals surface area contributed by atoms with Gasteiger partial charge in [-0.2, -0.15) is 0 Å². The first kappa shape index (κ1) is 18.2. The lowest BCUT2D eigenvalue weighted by molar-refractivity contribution is -0.274. The molecule has 1 rings (SSSR count). The lowest BCUT2D eigenvalue weighted by Gasteiger charge is -2.13. The van der Waals surface area contributed by atoms with E-state index < -0.39 is 33.9 Å². The van der Waals surface area contributed by atoms with Crippen LogP contribution in [-0.2, 0) is 14.6 Å². The molecule has 1 atom stereocenters. The van der Waals surface area contributed by atoms with Crippen molar-refractivity contribution in [2.45, 2.75) is 18.8 Å². The van der Waals surface area contributed by atoms with E-state index in [1.165, 1.54) is 12.1 Å². The third-order valence-electron chi connectivity index (χ3n) is 2.47. The number of hydrogen-bond acceptors (Lipinski definition) is 5. The van der Waals surface area contributed by atoms with Crippen molar-refractivity contribution in [2.24, 2.45) is 5.73 Å². The summed E-state index contributed by atoms with van der Waals surface area (Å²) < 4.78 is 62.0. The SMILES string of the molecule is CS(=O)(=O)CCC(N)C(=O)Nc1cccc(OC(F)(F)F)c1. The normalized spacial score (nSPS) is 13.5. The van der Waals surface area contributed by atoms with Gasteiger partial charge in [-0.25, -0.2) is 8.42 Å². The number of hydrogen-bond donors (Lipinski definition) is 2. The van der Waals surface area contributed by atoms with Crippen molar-refractivity contribution < 1.29 is 31.1 Å². The zero-order chi connectivity index (χ0) is 17.0. The third-order valence-corrected chi connectivity index (χ3v) is 3.45. The van der Waals surface area contributed by atoms with E-state index in [-0.39, 0.29) is 17.9 Å². The number of nitrogens with two attached hydrogens (primary N) is 1. The van der Waals surface area contributed by atoms with E-state index in [4.69, 9.17) is 5.73 Å². The van der Waals surface area contributed by atoms with Gasteiger partial charge in [-0.1, -0.05) is 6.07 Å². The van der Waals surface area contributed by atoms with Crippen molar-refractivity contribution in [3.63, 3.8) is 0 Å². The van der Waals surface area contributed by atoms with Gasteiger partial charge in [0, 0.05) is 18.0 Å². The van der Waals surface area contributed by atoms with Crippen LogP contribution in [0.1, 0.15) is 6.42 Å². The molecule has 0 aliphatic heterocycles. The Kier molecular flexibility index (Phi) is 5.78. The van der Waals surface area contributed by atoms with Crippen LogP contribution in [0.4, 0.5) is 18.9 Å². The van der Waals surface area contributed by atoms with Gasteiger partial charge >= 0.3 is 6.36 Å². The van der Waals surface area contributed by atoms with Crippen molar-refractivity contribution in [3.05, 3.63) is 24.3 Å². The molecule has 1 aromatic rings. The van der Waals surface area contributed by atoms with Crippen LogP contribution in [0.15, 0.2) is 24.3 Å². The van der Waals surface area contributed by atoms with E-state index in [1.54, 1.807) is 0 Å². The summed E-state index contributed by atoms with van der Waals surface area (Å²) in [6, 6.07) is 3.58. The van der Waals surface area contributed by atoms with E-state index in [9.17, 15) is 26.4 Å². The summed E-state index contributed by atoms with van der Waals surface area (Å²) in [4.78, 5) is 11.7. The second-order valence-electron chi connectivity index (χ2n) is 4.59. The molecule has 1 aromatic carbocycles. The standard InChI is InChI=1S/C12H15F3N2O4S/c1-22(19,20)6-5-10(16)11(18)17-8-3-2-4-9(7-8)21-12(13,14)15/h2-4,7,10H,5-6,16H2,1H3,(H,17,18). The molecule has 0 saturated carbocycles. The van der Waals surface area contributed by atoms with Gasteiger partial charge in [-0.3, -0.25) is 4.79 Å². The number of halogens is 3. The fourth-order valence-electron chi connectivity index (χ4n) is 1.48. The van der Waals surface area contributed by atoms with Gasteiger partial charge in [0.05, 0.1) is 11.8 Å². The van der Waals surface area contributed by atoms with Gasteiger partial charge in [0.25, 0.3) is 0 Å². The molecule has 10 heteroatoms. The Morgan fingerprint density at radius 3 is 2.59 bits per heavy atom. The number of amides is 1. The van der Waals surface area contributed by atoms with Crippen molar-refractivity contribution in [3.8, 4) is 5.75 Å². The number of alkyl halides is 3. The topological polar surface area (TPSA) is 98.5 Å². The van der Waals surface area contributed by atoms with Crippen LogP contribution in [0, 0.1) is 0 Å². The first-order valence-corrected chi connectivity index (χ1v) is 8.12. The minimum Gasteiger partial charge on any atom is -0.406 e. The first-order valence-electron chi connectivity index (χ1n) is 6.06. The molecule has 3 N–H and O–H groups in total. The predicted molar refractivity (Wildman–Crippen MR) is 74.1 cm³/mol. The molecular weight excluding hydrogens is 325 g/mol. The smallest absolute Gasteiger partial charge is 0.406 e. The van der Waals surface area contributed by atoms with Crippen LogP contribution >= 0.6 is 0 Å². The van der Waals surface area contributed by atoms with E-state index >= 15 is 0 Å².